The van der Waals surface area contributed by atoms with Gasteiger partial charge in [0.1, 0.15) is 36.1 Å². The smallest absolute Gasteiger partial charge is 0.326 e. The van der Waals surface area contributed by atoms with Gasteiger partial charge < -0.3 is 29.2 Å². The normalized spacial score (nSPS) is 38.3. The maximum absolute atomic E-state index is 12.6. The number of aliphatic hydroxyl groups is 2. The van der Waals surface area contributed by atoms with E-state index < -0.39 is 60.6 Å². The number of nitrogens with zero attached hydrogens (tertiary/aromatic N) is 1. The minimum absolute atomic E-state index is 0.346. The molecule has 9 heteroatoms. The first kappa shape index (κ1) is 19.9. The molecular formula is C17H29NO8. The van der Waals surface area contributed by atoms with Crippen LogP contribution in [-0.2, 0) is 28.6 Å². The number of esters is 1. The Labute approximate surface area is 153 Å². The number of rotatable bonds is 4. The Bertz CT molecular complexity index is 533. The van der Waals surface area contributed by atoms with E-state index in [2.05, 4.69) is 0 Å². The zero-order valence-electron chi connectivity index (χ0n) is 15.9. The summed E-state index contributed by atoms with van der Waals surface area (Å²) in [5, 5.41) is 20.9. The maximum atomic E-state index is 12.6. The van der Waals surface area contributed by atoms with Crippen molar-refractivity contribution in [2.45, 2.75) is 89.1 Å². The molecule has 0 spiro atoms. The van der Waals surface area contributed by atoms with E-state index in [1.807, 2.05) is 0 Å². The molecule has 0 radical (unpaired) electrons. The van der Waals surface area contributed by atoms with Crippen molar-refractivity contribution in [2.75, 3.05) is 13.2 Å². The van der Waals surface area contributed by atoms with Gasteiger partial charge in [0.15, 0.2) is 12.0 Å². The maximum Gasteiger partial charge on any atom is 0.326 e. The van der Waals surface area contributed by atoms with Crippen molar-refractivity contribution < 1.29 is 38.8 Å². The number of carbonyl (C=O) groups excluding carboxylic acids is 1. The minimum Gasteiger partial charge on any atom is -0.459 e. The Balaban J connectivity index is 1.79. The van der Waals surface area contributed by atoms with E-state index in [0.717, 1.165) is 0 Å². The molecule has 0 amide bonds. The molecule has 3 rings (SSSR count). The molecule has 0 aliphatic carbocycles. The molecule has 0 aromatic carbocycles. The number of carbonyl (C=O) groups is 1. The summed E-state index contributed by atoms with van der Waals surface area (Å²) in [5.41, 5.74) is -0.616. The van der Waals surface area contributed by atoms with Crippen molar-refractivity contribution in [3.8, 4) is 0 Å². The fourth-order valence-corrected chi connectivity index (χ4v) is 3.56. The summed E-state index contributed by atoms with van der Waals surface area (Å²) in [6, 6.07) is -0.641. The SMILES string of the molecule is CC(C)(C)OC(=O)[C@@H]1CCON1[C@@H]1O[C@H]([C@H](O)CO)[C@H]2OC(C)(C)O[C@@H]21. The molecular weight excluding hydrogens is 346 g/mol. The Morgan fingerprint density at radius 3 is 2.58 bits per heavy atom. The molecule has 6 atom stereocenters. The van der Waals surface area contributed by atoms with Crippen LogP contribution in [0.5, 0.6) is 0 Å². The van der Waals surface area contributed by atoms with Gasteiger partial charge in [-0.25, -0.2) is 0 Å². The van der Waals surface area contributed by atoms with E-state index in [1.54, 1.807) is 34.6 Å². The molecule has 9 nitrogen and oxygen atoms in total. The monoisotopic (exact) mass is 375 g/mol. The Hall–Kier alpha value is -0.810. The lowest BCUT2D eigenvalue weighted by molar-refractivity contribution is -0.281. The third kappa shape index (κ3) is 3.89. The number of hydrogen-bond acceptors (Lipinski definition) is 9. The van der Waals surface area contributed by atoms with Crippen molar-refractivity contribution >= 4 is 5.97 Å². The predicted octanol–water partition coefficient (Wildman–Crippen LogP) is -0.0678. The van der Waals surface area contributed by atoms with Gasteiger partial charge >= 0.3 is 5.97 Å². The minimum atomic E-state index is -1.13. The average Bonchev–Trinajstić information content (AvgIpc) is 3.17. The van der Waals surface area contributed by atoms with Gasteiger partial charge in [-0.15, -0.1) is 5.06 Å². The number of hydrogen-bond donors (Lipinski definition) is 2. The van der Waals surface area contributed by atoms with E-state index in [-0.39, 0.29) is 0 Å². The molecule has 3 heterocycles. The van der Waals surface area contributed by atoms with Gasteiger partial charge in [-0.05, 0) is 34.6 Å². The summed E-state index contributed by atoms with van der Waals surface area (Å²) in [5.74, 6) is -1.27. The topological polar surface area (TPSA) is 107 Å². The average molecular weight is 375 g/mol. The zero-order chi connectivity index (χ0) is 19.3. The second-order valence-corrected chi connectivity index (χ2v) is 8.34. The van der Waals surface area contributed by atoms with Crippen LogP contribution in [0.3, 0.4) is 0 Å². The predicted molar refractivity (Wildman–Crippen MR) is 87.6 cm³/mol. The van der Waals surface area contributed by atoms with Gasteiger partial charge in [-0.3, -0.25) is 9.63 Å². The summed E-state index contributed by atoms with van der Waals surface area (Å²) < 4.78 is 23.2. The van der Waals surface area contributed by atoms with Crippen molar-refractivity contribution in [1.82, 2.24) is 5.06 Å². The van der Waals surface area contributed by atoms with Gasteiger partial charge in [0, 0.05) is 6.42 Å². The van der Waals surface area contributed by atoms with Crippen LogP contribution in [0.25, 0.3) is 0 Å². The van der Waals surface area contributed by atoms with Gasteiger partial charge in [-0.2, -0.15) is 0 Å². The number of ether oxygens (including phenoxy) is 4. The number of fused-ring (bicyclic) bond motifs is 1. The lowest BCUT2D eigenvalue weighted by Crippen LogP contribution is -2.50. The second kappa shape index (κ2) is 6.97. The third-order valence-electron chi connectivity index (χ3n) is 4.50. The molecule has 0 bridgehead atoms. The number of hydroxylamine groups is 2. The van der Waals surface area contributed by atoms with Crippen LogP contribution < -0.4 is 0 Å². The second-order valence-electron chi connectivity index (χ2n) is 8.34. The van der Waals surface area contributed by atoms with Gasteiger partial charge in [0.25, 0.3) is 0 Å². The van der Waals surface area contributed by atoms with E-state index in [9.17, 15) is 15.0 Å². The molecule has 3 aliphatic heterocycles. The lowest BCUT2D eigenvalue weighted by Gasteiger charge is -2.32. The van der Waals surface area contributed by atoms with Gasteiger partial charge in [-0.1, -0.05) is 0 Å². The van der Waals surface area contributed by atoms with Crippen molar-refractivity contribution in [3.63, 3.8) is 0 Å². The highest BCUT2D eigenvalue weighted by Gasteiger charge is 2.60. The molecule has 0 aromatic rings. The van der Waals surface area contributed by atoms with Gasteiger partial charge in [0.2, 0.25) is 0 Å². The summed E-state index contributed by atoms with van der Waals surface area (Å²) >= 11 is 0. The van der Waals surface area contributed by atoms with Crippen molar-refractivity contribution in [3.05, 3.63) is 0 Å². The van der Waals surface area contributed by atoms with E-state index in [0.29, 0.717) is 13.0 Å². The fraction of sp³-hybridized carbons (Fsp3) is 0.941. The molecule has 150 valence electrons. The van der Waals surface area contributed by atoms with Crippen LogP contribution in [0.1, 0.15) is 41.0 Å². The van der Waals surface area contributed by atoms with Crippen LogP contribution in [-0.4, -0.2) is 82.5 Å². The van der Waals surface area contributed by atoms with Crippen molar-refractivity contribution in [1.29, 1.82) is 0 Å². The molecule has 3 saturated heterocycles. The molecule has 0 aromatic heterocycles. The fourth-order valence-electron chi connectivity index (χ4n) is 3.56. The molecule has 3 fully saturated rings. The summed E-state index contributed by atoms with van der Waals surface area (Å²) in [6.07, 6.45) is -3.37. The summed E-state index contributed by atoms with van der Waals surface area (Å²) in [7, 11) is 0. The van der Waals surface area contributed by atoms with E-state index in [1.165, 1.54) is 5.06 Å². The first-order valence-electron chi connectivity index (χ1n) is 8.96. The van der Waals surface area contributed by atoms with Crippen molar-refractivity contribution in [2.24, 2.45) is 0 Å². The number of aliphatic hydroxyl groups excluding tert-OH is 2. The third-order valence-corrected chi connectivity index (χ3v) is 4.50. The Kier molecular flexibility index (Phi) is 5.35. The highest BCUT2D eigenvalue weighted by atomic mass is 16.8. The lowest BCUT2D eigenvalue weighted by atomic mass is 10.1. The highest BCUT2D eigenvalue weighted by molar-refractivity contribution is 5.76. The summed E-state index contributed by atoms with van der Waals surface area (Å²) in [6.45, 7) is 8.81. The quantitative estimate of drug-likeness (QED) is 0.653. The van der Waals surface area contributed by atoms with Crippen LogP contribution in [0.4, 0.5) is 0 Å². The largest absolute Gasteiger partial charge is 0.459 e. The van der Waals surface area contributed by atoms with Crippen LogP contribution >= 0.6 is 0 Å². The molecule has 2 N–H and O–H groups in total. The Morgan fingerprint density at radius 2 is 1.96 bits per heavy atom. The van der Waals surface area contributed by atoms with Crippen LogP contribution in [0.15, 0.2) is 0 Å². The van der Waals surface area contributed by atoms with E-state index >= 15 is 0 Å². The Morgan fingerprint density at radius 1 is 1.31 bits per heavy atom. The molecule has 0 saturated carbocycles. The standard InChI is InChI=1S/C17H29NO8/c1-16(2,3)26-15(21)9-6-7-22-18(9)14-13-12(24-17(4,5)25-13)11(23-14)10(20)8-19/h9-14,19-20H,6-8H2,1-5H3/t9-,10+,11+,12+,13-,14+/m0/s1. The highest BCUT2D eigenvalue weighted by Crippen LogP contribution is 2.42. The van der Waals surface area contributed by atoms with Crippen LogP contribution in [0.2, 0.25) is 0 Å². The molecule has 26 heavy (non-hydrogen) atoms. The van der Waals surface area contributed by atoms with Gasteiger partial charge in [0.05, 0.1) is 13.2 Å². The van der Waals surface area contributed by atoms with Crippen LogP contribution in [0, 0.1) is 0 Å². The molecule has 3 aliphatic rings. The first-order chi connectivity index (χ1) is 12.0. The molecule has 0 unspecified atom stereocenters. The first-order valence-corrected chi connectivity index (χ1v) is 8.96. The summed E-state index contributed by atoms with van der Waals surface area (Å²) in [4.78, 5) is 18.2. The zero-order valence-corrected chi connectivity index (χ0v) is 15.9. The van der Waals surface area contributed by atoms with E-state index in [4.69, 9.17) is 23.8 Å².